The maximum absolute atomic E-state index is 2.31. The van der Waals surface area contributed by atoms with Crippen LogP contribution in [0.5, 0.6) is 0 Å². The molecular formula is C37H32Fe2+4. The van der Waals surface area contributed by atoms with Crippen molar-refractivity contribution in [2.24, 2.45) is 0 Å². The number of allylic oxidation sites excluding steroid dienone is 2. The topological polar surface area (TPSA) is 0 Å². The van der Waals surface area contributed by atoms with Crippen molar-refractivity contribution in [3.05, 3.63) is 210 Å². The van der Waals surface area contributed by atoms with Gasteiger partial charge in [0.15, 0.2) is 0 Å². The predicted molar refractivity (Wildman–Crippen MR) is 154 cm³/mol. The Labute approximate surface area is 261 Å². The first-order valence-electron chi connectivity index (χ1n) is 13.0. The molecule has 5 aliphatic carbocycles. The van der Waals surface area contributed by atoms with Gasteiger partial charge in [-0.25, -0.2) is 0 Å². The minimum absolute atomic E-state index is 0. The molecule has 0 heterocycles. The van der Waals surface area contributed by atoms with Crippen LogP contribution in [-0.4, -0.2) is 0 Å². The van der Waals surface area contributed by atoms with Crippen molar-refractivity contribution in [2.75, 3.05) is 0 Å². The maximum Gasteiger partial charge on any atom is 2.00 e. The molecule has 192 valence electrons. The zero-order valence-electron chi connectivity index (χ0n) is 21.8. The largest absolute Gasteiger partial charge is 2.00 e. The summed E-state index contributed by atoms with van der Waals surface area (Å²) in [6, 6.07) is 19.8. The fraction of sp³-hybridized carbons (Fsp3) is 0.0811. The van der Waals surface area contributed by atoms with E-state index in [0.717, 1.165) is 12.8 Å². The maximum atomic E-state index is 2.31. The van der Waals surface area contributed by atoms with E-state index in [2.05, 4.69) is 106 Å². The van der Waals surface area contributed by atoms with Gasteiger partial charge in [0, 0.05) is 11.8 Å². The number of hydrogen-bond acceptors (Lipinski definition) is 0. The van der Waals surface area contributed by atoms with Crippen molar-refractivity contribution in [1.29, 1.82) is 0 Å². The van der Waals surface area contributed by atoms with Gasteiger partial charge in [0.05, 0.1) is 0 Å². The molecule has 1 unspecified atom stereocenters. The molecule has 2 aromatic carbocycles. The fourth-order valence-corrected chi connectivity index (χ4v) is 5.15. The first-order valence-corrected chi connectivity index (χ1v) is 13.0. The molecule has 5 aliphatic rings. The fourth-order valence-electron chi connectivity index (χ4n) is 5.15. The summed E-state index contributed by atoms with van der Waals surface area (Å²) in [5.74, 6) is 3.07. The molecule has 1 atom stereocenters. The second-order valence-corrected chi connectivity index (χ2v) is 9.30. The summed E-state index contributed by atoms with van der Waals surface area (Å²) in [4.78, 5) is 0. The van der Waals surface area contributed by atoms with Gasteiger partial charge < -0.3 is 0 Å². The van der Waals surface area contributed by atoms with Gasteiger partial charge in [-0.05, 0) is 151 Å². The smallest absolute Gasteiger partial charge is 0.0622 e. The van der Waals surface area contributed by atoms with Crippen LogP contribution in [0.3, 0.4) is 0 Å². The van der Waals surface area contributed by atoms with Crippen LogP contribution in [0.15, 0.2) is 65.7 Å². The molecule has 0 N–H and O–H groups in total. The van der Waals surface area contributed by atoms with Crippen molar-refractivity contribution in [1.82, 2.24) is 0 Å². The summed E-state index contributed by atoms with van der Waals surface area (Å²) in [5.41, 5.74) is 7.34. The Morgan fingerprint density at radius 2 is 1.00 bits per heavy atom. The summed E-state index contributed by atoms with van der Waals surface area (Å²) in [7, 11) is 0. The standard InChI is InChI=1S/C27H22.2C5H5.2Fe/c1-2-10-20(11-3-1)18-24-19-23-16-8-9-17-25(23)27(22-14-6-7-15-22)26(24)21-12-4-5-13-21;2*1-2-4-5-3-1;;/h1-17,27H,18-19H2;2*1-5H;;/q;;;2*+2. The minimum Gasteiger partial charge on any atom is -0.0622 e. The summed E-state index contributed by atoms with van der Waals surface area (Å²) < 4.78 is 0. The van der Waals surface area contributed by atoms with Crippen LogP contribution in [0.2, 0.25) is 0 Å². The van der Waals surface area contributed by atoms with Crippen LogP contribution in [0.25, 0.3) is 0 Å². The second kappa shape index (κ2) is 17.9. The number of hydrogen-bond donors (Lipinski definition) is 0. The van der Waals surface area contributed by atoms with Crippen molar-refractivity contribution in [3.8, 4) is 0 Å². The van der Waals surface area contributed by atoms with E-state index in [4.69, 9.17) is 0 Å². The molecule has 20 radical (unpaired) electrons. The molecule has 2 heteroatoms. The number of fused-ring (bicyclic) bond motifs is 1. The first kappa shape index (κ1) is 32.7. The third kappa shape index (κ3) is 9.36. The number of benzene rings is 2. The Hall–Kier alpha value is -0.781. The van der Waals surface area contributed by atoms with E-state index in [-0.39, 0.29) is 34.1 Å². The van der Waals surface area contributed by atoms with Gasteiger partial charge in [0.2, 0.25) is 0 Å². The summed E-state index contributed by atoms with van der Waals surface area (Å²) in [6.07, 6.45) is 39.8. The van der Waals surface area contributed by atoms with Crippen molar-refractivity contribution >= 4 is 0 Å². The summed E-state index contributed by atoms with van der Waals surface area (Å²) in [6.45, 7) is 0. The van der Waals surface area contributed by atoms with Crippen LogP contribution >= 0.6 is 0 Å². The third-order valence-corrected chi connectivity index (χ3v) is 6.81. The molecule has 4 fully saturated rings. The van der Waals surface area contributed by atoms with Gasteiger partial charge in [0.1, 0.15) is 0 Å². The van der Waals surface area contributed by atoms with Crippen LogP contribution < -0.4 is 0 Å². The molecule has 0 bridgehead atoms. The van der Waals surface area contributed by atoms with Crippen molar-refractivity contribution in [2.45, 2.75) is 18.8 Å². The Balaban J connectivity index is 0.000000295. The summed E-state index contributed by atoms with van der Waals surface area (Å²) >= 11 is 0. The molecule has 2 aromatic rings. The van der Waals surface area contributed by atoms with E-state index in [0.29, 0.717) is 5.92 Å². The molecule has 0 nitrogen and oxygen atoms in total. The molecule has 0 saturated heterocycles. The first-order chi connectivity index (χ1) is 18.4. The minimum atomic E-state index is 0. The van der Waals surface area contributed by atoms with Crippen LogP contribution in [0.1, 0.15) is 22.6 Å². The van der Waals surface area contributed by atoms with Crippen molar-refractivity contribution < 1.29 is 34.1 Å². The molecule has 0 amide bonds. The van der Waals surface area contributed by atoms with Gasteiger partial charge in [0.25, 0.3) is 0 Å². The van der Waals surface area contributed by atoms with Gasteiger partial charge in [-0.2, -0.15) is 0 Å². The van der Waals surface area contributed by atoms with E-state index < -0.39 is 0 Å². The predicted octanol–water partition coefficient (Wildman–Crippen LogP) is 7.71. The molecule has 4 saturated carbocycles. The van der Waals surface area contributed by atoms with Crippen LogP contribution in [-0.2, 0) is 47.0 Å². The molecular weight excluding hydrogens is 556 g/mol. The van der Waals surface area contributed by atoms with Gasteiger partial charge in [-0.15, -0.1) is 0 Å². The average molecular weight is 588 g/mol. The Bertz CT molecular complexity index is 933. The van der Waals surface area contributed by atoms with E-state index in [1.165, 1.54) is 39.7 Å². The van der Waals surface area contributed by atoms with Gasteiger partial charge in [-0.3, -0.25) is 0 Å². The molecule has 0 aliphatic heterocycles. The van der Waals surface area contributed by atoms with Crippen molar-refractivity contribution in [3.63, 3.8) is 0 Å². The summed E-state index contributed by atoms with van der Waals surface area (Å²) in [5, 5.41) is 0. The third-order valence-electron chi connectivity index (χ3n) is 6.81. The zero-order valence-corrected chi connectivity index (χ0v) is 24.0. The Morgan fingerprint density at radius 1 is 0.513 bits per heavy atom. The zero-order chi connectivity index (χ0) is 25.1. The second-order valence-electron chi connectivity index (χ2n) is 9.30. The van der Waals surface area contributed by atoms with Gasteiger partial charge in [-0.1, -0.05) is 65.7 Å². The molecule has 39 heavy (non-hydrogen) atoms. The van der Waals surface area contributed by atoms with Crippen LogP contribution in [0.4, 0.5) is 0 Å². The molecule has 0 aromatic heterocycles. The Morgan fingerprint density at radius 3 is 1.56 bits per heavy atom. The average Bonchev–Trinajstić information content (AvgIpc) is 3.77. The number of rotatable bonds is 4. The molecule has 0 spiro atoms. The molecule has 7 rings (SSSR count). The SMILES string of the molecule is [CH]1[CH][CH][CH][CH]1.[CH]1[CH][CH][CH][CH]1.[CH]1[CH][CH][C](C2=C(Cc3ccccc3)Cc3ccccc3C2[C]2[CH][CH][CH][CH]2)[CH]1.[Fe+2].[Fe+2]. The monoisotopic (exact) mass is 588 g/mol. The van der Waals surface area contributed by atoms with Gasteiger partial charge >= 0.3 is 34.1 Å². The van der Waals surface area contributed by atoms with E-state index in [9.17, 15) is 0 Å². The van der Waals surface area contributed by atoms with E-state index in [1.807, 2.05) is 64.2 Å². The van der Waals surface area contributed by atoms with Crippen LogP contribution in [0, 0.1) is 127 Å². The van der Waals surface area contributed by atoms with E-state index in [1.54, 1.807) is 0 Å². The Kier molecular flexibility index (Phi) is 15.0. The van der Waals surface area contributed by atoms with E-state index >= 15 is 0 Å². The normalized spacial score (nSPS) is 22.6. The quantitative estimate of drug-likeness (QED) is 0.321.